The maximum atomic E-state index is 8.55. The third-order valence-corrected chi connectivity index (χ3v) is 0.897. The van der Waals surface area contributed by atoms with Crippen LogP contribution in [0.2, 0.25) is 0 Å². The maximum absolute atomic E-state index is 8.55. The Balaban J connectivity index is 3.21. The molecule has 0 aromatic rings. The summed E-state index contributed by atoms with van der Waals surface area (Å²) in [6.07, 6.45) is -0.586. The standard InChI is InChI=1S/C6H14O4/c1-2-9-6(5-8)10-4-3-7/h6-8H,2-5H2,1H3. The fourth-order valence-electron chi connectivity index (χ4n) is 0.524. The molecular formula is C6H14O4. The first kappa shape index (κ1) is 9.84. The van der Waals surface area contributed by atoms with Gasteiger partial charge in [-0.3, -0.25) is 0 Å². The average Bonchev–Trinajstić information content (AvgIpc) is 1.98. The van der Waals surface area contributed by atoms with Gasteiger partial charge < -0.3 is 19.7 Å². The van der Waals surface area contributed by atoms with Gasteiger partial charge in [-0.05, 0) is 6.92 Å². The molecule has 0 saturated heterocycles. The van der Waals surface area contributed by atoms with Crippen molar-refractivity contribution in [3.63, 3.8) is 0 Å². The minimum Gasteiger partial charge on any atom is -0.394 e. The van der Waals surface area contributed by atoms with Crippen LogP contribution < -0.4 is 0 Å². The molecule has 0 aliphatic carbocycles. The Morgan fingerprint density at radius 2 is 2.00 bits per heavy atom. The normalized spacial score (nSPS) is 13.5. The van der Waals surface area contributed by atoms with Crippen molar-refractivity contribution in [3.05, 3.63) is 0 Å². The van der Waals surface area contributed by atoms with Crippen LogP contribution in [0.4, 0.5) is 0 Å². The Kier molecular flexibility index (Phi) is 6.84. The molecule has 0 aliphatic heterocycles. The molecule has 10 heavy (non-hydrogen) atoms. The van der Waals surface area contributed by atoms with E-state index in [9.17, 15) is 0 Å². The SMILES string of the molecule is CCOC(CO)OCCO. The monoisotopic (exact) mass is 150 g/mol. The smallest absolute Gasteiger partial charge is 0.180 e. The highest BCUT2D eigenvalue weighted by molar-refractivity contribution is 4.38. The van der Waals surface area contributed by atoms with Crippen LogP contribution in [0, 0.1) is 0 Å². The average molecular weight is 150 g/mol. The van der Waals surface area contributed by atoms with E-state index in [2.05, 4.69) is 0 Å². The number of rotatable bonds is 6. The molecule has 0 spiro atoms. The van der Waals surface area contributed by atoms with Crippen LogP contribution in [0.5, 0.6) is 0 Å². The summed E-state index contributed by atoms with van der Waals surface area (Å²) in [6.45, 7) is 2.28. The van der Waals surface area contributed by atoms with Gasteiger partial charge in [-0.25, -0.2) is 0 Å². The maximum Gasteiger partial charge on any atom is 0.180 e. The summed E-state index contributed by atoms with van der Waals surface area (Å²) in [5.41, 5.74) is 0. The summed E-state index contributed by atoms with van der Waals surface area (Å²) < 4.78 is 9.77. The van der Waals surface area contributed by atoms with Crippen molar-refractivity contribution >= 4 is 0 Å². The van der Waals surface area contributed by atoms with E-state index in [1.165, 1.54) is 0 Å². The Hall–Kier alpha value is -0.160. The lowest BCUT2D eigenvalue weighted by Crippen LogP contribution is -2.22. The molecular weight excluding hydrogens is 136 g/mol. The van der Waals surface area contributed by atoms with Gasteiger partial charge in [0.15, 0.2) is 6.29 Å². The van der Waals surface area contributed by atoms with Crippen LogP contribution >= 0.6 is 0 Å². The molecule has 1 unspecified atom stereocenters. The van der Waals surface area contributed by atoms with Crippen LogP contribution in [0.3, 0.4) is 0 Å². The lowest BCUT2D eigenvalue weighted by atomic mass is 10.6. The van der Waals surface area contributed by atoms with Crippen LogP contribution in [-0.4, -0.2) is 42.9 Å². The van der Waals surface area contributed by atoms with E-state index in [4.69, 9.17) is 19.7 Å². The second-order valence-corrected chi connectivity index (χ2v) is 1.66. The third-order valence-electron chi connectivity index (χ3n) is 0.897. The largest absolute Gasteiger partial charge is 0.394 e. The van der Waals surface area contributed by atoms with Crippen molar-refractivity contribution < 1.29 is 19.7 Å². The summed E-state index contributed by atoms with van der Waals surface area (Å²) in [7, 11) is 0. The Bertz CT molecular complexity index is 66.8. The van der Waals surface area contributed by atoms with Crippen LogP contribution in [0.1, 0.15) is 6.92 Å². The zero-order valence-corrected chi connectivity index (χ0v) is 6.12. The number of aliphatic hydroxyl groups excluding tert-OH is 2. The molecule has 2 N–H and O–H groups in total. The lowest BCUT2D eigenvalue weighted by molar-refractivity contribution is -0.164. The highest BCUT2D eigenvalue weighted by atomic mass is 16.7. The molecule has 0 fully saturated rings. The van der Waals surface area contributed by atoms with E-state index in [1.807, 2.05) is 6.92 Å². The molecule has 0 aromatic carbocycles. The molecule has 1 atom stereocenters. The zero-order chi connectivity index (χ0) is 7.82. The first-order valence-corrected chi connectivity index (χ1v) is 3.30. The quantitative estimate of drug-likeness (QED) is 0.494. The van der Waals surface area contributed by atoms with Crippen molar-refractivity contribution in [2.24, 2.45) is 0 Å². The molecule has 0 rings (SSSR count). The molecule has 0 radical (unpaired) electrons. The number of ether oxygens (including phenoxy) is 2. The van der Waals surface area contributed by atoms with Gasteiger partial charge in [0, 0.05) is 6.61 Å². The molecule has 4 nitrogen and oxygen atoms in total. The summed E-state index contributed by atoms with van der Waals surface area (Å²) in [5, 5.41) is 16.9. The molecule has 4 heteroatoms. The molecule has 0 bridgehead atoms. The Labute approximate surface area is 60.4 Å². The third kappa shape index (κ3) is 4.69. The number of hydrogen-bond donors (Lipinski definition) is 2. The van der Waals surface area contributed by atoms with Gasteiger partial charge >= 0.3 is 0 Å². The first-order chi connectivity index (χ1) is 4.85. The highest BCUT2D eigenvalue weighted by Gasteiger charge is 2.04. The molecule has 0 heterocycles. The molecule has 62 valence electrons. The van der Waals surface area contributed by atoms with E-state index in [1.54, 1.807) is 0 Å². The fraction of sp³-hybridized carbons (Fsp3) is 1.00. The van der Waals surface area contributed by atoms with Crippen molar-refractivity contribution in [1.82, 2.24) is 0 Å². The summed E-state index contributed by atoms with van der Waals surface area (Å²) >= 11 is 0. The summed E-state index contributed by atoms with van der Waals surface area (Å²) in [5.74, 6) is 0. The minimum atomic E-state index is -0.586. The van der Waals surface area contributed by atoms with Gasteiger partial charge in [-0.15, -0.1) is 0 Å². The van der Waals surface area contributed by atoms with E-state index in [-0.39, 0.29) is 19.8 Å². The van der Waals surface area contributed by atoms with Gasteiger partial charge in [-0.2, -0.15) is 0 Å². The molecule has 0 aromatic heterocycles. The zero-order valence-electron chi connectivity index (χ0n) is 6.12. The Morgan fingerprint density at radius 1 is 1.30 bits per heavy atom. The Morgan fingerprint density at radius 3 is 2.40 bits per heavy atom. The molecule has 0 aliphatic rings. The number of hydrogen-bond acceptors (Lipinski definition) is 4. The predicted molar refractivity (Wildman–Crippen MR) is 35.5 cm³/mol. The number of aliphatic hydroxyl groups is 2. The fourth-order valence-corrected chi connectivity index (χ4v) is 0.524. The van der Waals surface area contributed by atoms with Gasteiger partial charge in [0.05, 0.1) is 19.8 Å². The summed E-state index contributed by atoms with van der Waals surface area (Å²) in [6, 6.07) is 0. The van der Waals surface area contributed by atoms with Crippen molar-refractivity contribution in [3.8, 4) is 0 Å². The topological polar surface area (TPSA) is 58.9 Å². The second-order valence-electron chi connectivity index (χ2n) is 1.66. The van der Waals surface area contributed by atoms with E-state index in [0.717, 1.165) is 0 Å². The van der Waals surface area contributed by atoms with E-state index in [0.29, 0.717) is 6.61 Å². The first-order valence-electron chi connectivity index (χ1n) is 3.30. The van der Waals surface area contributed by atoms with E-state index >= 15 is 0 Å². The van der Waals surface area contributed by atoms with Gasteiger partial charge in [0.2, 0.25) is 0 Å². The summed E-state index contributed by atoms with van der Waals surface area (Å²) in [4.78, 5) is 0. The van der Waals surface area contributed by atoms with Gasteiger partial charge in [0.1, 0.15) is 0 Å². The van der Waals surface area contributed by atoms with Crippen LogP contribution in [0.25, 0.3) is 0 Å². The second kappa shape index (κ2) is 6.95. The lowest BCUT2D eigenvalue weighted by Gasteiger charge is -2.13. The predicted octanol–water partition coefficient (Wildman–Crippen LogP) is -0.650. The molecule has 0 saturated carbocycles. The molecule has 0 amide bonds. The minimum absolute atomic E-state index is 0.0520. The van der Waals surface area contributed by atoms with Crippen molar-refractivity contribution in [2.45, 2.75) is 13.2 Å². The van der Waals surface area contributed by atoms with Crippen molar-refractivity contribution in [2.75, 3.05) is 26.4 Å². The van der Waals surface area contributed by atoms with Crippen LogP contribution in [-0.2, 0) is 9.47 Å². The highest BCUT2D eigenvalue weighted by Crippen LogP contribution is 1.91. The van der Waals surface area contributed by atoms with Crippen molar-refractivity contribution in [1.29, 1.82) is 0 Å². The van der Waals surface area contributed by atoms with Gasteiger partial charge in [0.25, 0.3) is 0 Å². The van der Waals surface area contributed by atoms with Crippen LogP contribution in [0.15, 0.2) is 0 Å². The van der Waals surface area contributed by atoms with Gasteiger partial charge in [-0.1, -0.05) is 0 Å². The van der Waals surface area contributed by atoms with E-state index < -0.39 is 6.29 Å².